The SMILES string of the molecule is CCC1CCC(CC2CCC(c3ccc(C)c(F)c3F)CC2)CC1. The van der Waals surface area contributed by atoms with E-state index in [2.05, 4.69) is 6.92 Å². The third-order valence-electron chi connectivity index (χ3n) is 6.80. The predicted molar refractivity (Wildman–Crippen MR) is 96.2 cm³/mol. The van der Waals surface area contributed by atoms with Gasteiger partial charge in [0.15, 0.2) is 11.6 Å². The number of benzene rings is 1. The molecule has 1 aromatic rings. The summed E-state index contributed by atoms with van der Waals surface area (Å²) in [7, 11) is 0. The van der Waals surface area contributed by atoms with Crippen LogP contribution in [0.3, 0.4) is 0 Å². The maximum absolute atomic E-state index is 14.2. The van der Waals surface area contributed by atoms with Crippen LogP contribution < -0.4 is 0 Å². The van der Waals surface area contributed by atoms with E-state index in [1.54, 1.807) is 13.0 Å². The number of hydrogen-bond donors (Lipinski definition) is 0. The smallest absolute Gasteiger partial charge is 0.162 e. The summed E-state index contributed by atoms with van der Waals surface area (Å²) in [4.78, 5) is 0. The molecule has 3 rings (SSSR count). The summed E-state index contributed by atoms with van der Waals surface area (Å²) in [5.41, 5.74) is 1.02. The normalized spacial score (nSPS) is 31.2. The van der Waals surface area contributed by atoms with Crippen LogP contribution in [0.25, 0.3) is 0 Å². The van der Waals surface area contributed by atoms with Crippen LogP contribution in [0.5, 0.6) is 0 Å². The minimum Gasteiger partial charge on any atom is -0.203 e. The van der Waals surface area contributed by atoms with Crippen molar-refractivity contribution in [2.24, 2.45) is 17.8 Å². The first kappa shape index (κ1) is 17.9. The minimum atomic E-state index is -0.651. The Balaban J connectivity index is 1.50. The average molecular weight is 334 g/mol. The molecule has 2 saturated carbocycles. The summed E-state index contributed by atoms with van der Waals surface area (Å²) in [6.45, 7) is 3.95. The van der Waals surface area contributed by atoms with E-state index in [-0.39, 0.29) is 5.92 Å². The van der Waals surface area contributed by atoms with Crippen molar-refractivity contribution in [3.8, 4) is 0 Å². The van der Waals surface area contributed by atoms with E-state index in [9.17, 15) is 8.78 Å². The van der Waals surface area contributed by atoms with Crippen molar-refractivity contribution < 1.29 is 8.78 Å². The monoisotopic (exact) mass is 334 g/mol. The summed E-state index contributed by atoms with van der Waals surface area (Å²) in [5, 5.41) is 0. The van der Waals surface area contributed by atoms with Gasteiger partial charge in [0, 0.05) is 0 Å². The van der Waals surface area contributed by atoms with Crippen LogP contribution in [0.1, 0.15) is 88.2 Å². The van der Waals surface area contributed by atoms with Crippen LogP contribution in [0, 0.1) is 36.3 Å². The maximum Gasteiger partial charge on any atom is 0.162 e. The molecule has 0 spiro atoms. The fraction of sp³-hybridized carbons (Fsp3) is 0.727. The Morgan fingerprint density at radius 1 is 0.792 bits per heavy atom. The van der Waals surface area contributed by atoms with Crippen LogP contribution in [0.15, 0.2) is 12.1 Å². The van der Waals surface area contributed by atoms with Gasteiger partial charge < -0.3 is 0 Å². The molecule has 24 heavy (non-hydrogen) atoms. The molecule has 0 heterocycles. The minimum absolute atomic E-state index is 0.215. The summed E-state index contributed by atoms with van der Waals surface area (Å²) < 4.78 is 28.0. The summed E-state index contributed by atoms with van der Waals surface area (Å²) in [5.74, 6) is 1.66. The molecule has 2 heteroatoms. The Kier molecular flexibility index (Phi) is 5.94. The van der Waals surface area contributed by atoms with Crippen molar-refractivity contribution in [1.29, 1.82) is 0 Å². The lowest BCUT2D eigenvalue weighted by Gasteiger charge is -2.34. The van der Waals surface area contributed by atoms with Crippen molar-refractivity contribution in [1.82, 2.24) is 0 Å². The lowest BCUT2D eigenvalue weighted by Crippen LogP contribution is -2.20. The van der Waals surface area contributed by atoms with Crippen molar-refractivity contribution in [3.63, 3.8) is 0 Å². The molecular formula is C22H32F2. The zero-order valence-electron chi connectivity index (χ0n) is 15.3. The Morgan fingerprint density at radius 2 is 1.33 bits per heavy atom. The molecule has 0 unspecified atom stereocenters. The van der Waals surface area contributed by atoms with Gasteiger partial charge in [-0.15, -0.1) is 0 Å². The first-order valence-corrected chi connectivity index (χ1v) is 10.0. The molecule has 0 aromatic heterocycles. The van der Waals surface area contributed by atoms with E-state index >= 15 is 0 Å². The zero-order valence-corrected chi connectivity index (χ0v) is 15.3. The number of halogens is 2. The van der Waals surface area contributed by atoms with E-state index in [0.717, 1.165) is 30.6 Å². The maximum atomic E-state index is 14.2. The number of hydrogen-bond acceptors (Lipinski definition) is 0. The van der Waals surface area contributed by atoms with E-state index in [4.69, 9.17) is 0 Å². The quantitative estimate of drug-likeness (QED) is 0.548. The van der Waals surface area contributed by atoms with E-state index in [0.29, 0.717) is 11.1 Å². The van der Waals surface area contributed by atoms with E-state index in [1.165, 1.54) is 51.4 Å². The van der Waals surface area contributed by atoms with Crippen molar-refractivity contribution in [2.75, 3.05) is 0 Å². The average Bonchev–Trinajstić information content (AvgIpc) is 2.61. The highest BCUT2D eigenvalue weighted by Gasteiger charge is 2.28. The molecular weight excluding hydrogens is 302 g/mol. The summed E-state index contributed by atoms with van der Waals surface area (Å²) in [6, 6.07) is 3.54. The summed E-state index contributed by atoms with van der Waals surface area (Å²) in [6.07, 6.45) is 12.8. The van der Waals surface area contributed by atoms with Crippen molar-refractivity contribution in [2.45, 2.75) is 84.0 Å². The number of rotatable bonds is 4. The lowest BCUT2D eigenvalue weighted by molar-refractivity contribution is 0.202. The van der Waals surface area contributed by atoms with Gasteiger partial charge >= 0.3 is 0 Å². The van der Waals surface area contributed by atoms with Gasteiger partial charge in [0.05, 0.1) is 0 Å². The van der Waals surface area contributed by atoms with Gasteiger partial charge in [0.25, 0.3) is 0 Å². The Bertz CT molecular complexity index is 535. The highest BCUT2D eigenvalue weighted by Crippen LogP contribution is 2.42. The topological polar surface area (TPSA) is 0 Å². The van der Waals surface area contributed by atoms with Gasteiger partial charge in [0.2, 0.25) is 0 Å². The Morgan fingerprint density at radius 3 is 1.92 bits per heavy atom. The van der Waals surface area contributed by atoms with Gasteiger partial charge in [-0.05, 0) is 73.8 Å². The fourth-order valence-electron chi connectivity index (χ4n) is 5.03. The standard InChI is InChI=1S/C22H32F2/c1-3-16-5-7-17(8-6-16)14-18-9-11-19(12-10-18)20-13-4-15(2)21(23)22(20)24/h4,13,16-19H,3,5-12,14H2,1-2H3. The van der Waals surface area contributed by atoms with Gasteiger partial charge in [-0.25, -0.2) is 8.78 Å². The molecule has 1 aromatic carbocycles. The van der Waals surface area contributed by atoms with Crippen molar-refractivity contribution in [3.05, 3.63) is 34.9 Å². The first-order chi connectivity index (χ1) is 11.6. The first-order valence-electron chi connectivity index (χ1n) is 10.0. The predicted octanol–water partition coefficient (Wildman–Crippen LogP) is 7.15. The van der Waals surface area contributed by atoms with Gasteiger partial charge in [-0.3, -0.25) is 0 Å². The molecule has 0 radical (unpaired) electrons. The molecule has 2 fully saturated rings. The largest absolute Gasteiger partial charge is 0.203 e. The number of aryl methyl sites for hydroxylation is 1. The molecule has 0 nitrogen and oxygen atoms in total. The Labute approximate surface area is 146 Å². The molecule has 0 amide bonds. The van der Waals surface area contributed by atoms with Crippen LogP contribution in [-0.4, -0.2) is 0 Å². The molecule has 134 valence electrons. The summed E-state index contributed by atoms with van der Waals surface area (Å²) >= 11 is 0. The van der Waals surface area contributed by atoms with E-state index < -0.39 is 11.6 Å². The van der Waals surface area contributed by atoms with Gasteiger partial charge in [-0.1, -0.05) is 51.2 Å². The fourth-order valence-corrected chi connectivity index (χ4v) is 5.03. The molecule has 0 bridgehead atoms. The second kappa shape index (κ2) is 7.97. The van der Waals surface area contributed by atoms with Crippen LogP contribution in [0.2, 0.25) is 0 Å². The molecule has 0 atom stereocenters. The lowest BCUT2D eigenvalue weighted by atomic mass is 9.72. The highest BCUT2D eigenvalue weighted by molar-refractivity contribution is 5.28. The molecule has 2 aliphatic rings. The zero-order chi connectivity index (χ0) is 17.1. The van der Waals surface area contributed by atoms with Crippen LogP contribution in [-0.2, 0) is 0 Å². The second-order valence-corrected chi connectivity index (χ2v) is 8.35. The highest BCUT2D eigenvalue weighted by atomic mass is 19.2. The third kappa shape index (κ3) is 4.00. The molecule has 2 aliphatic carbocycles. The van der Waals surface area contributed by atoms with Crippen molar-refractivity contribution >= 4 is 0 Å². The second-order valence-electron chi connectivity index (χ2n) is 8.35. The molecule has 0 N–H and O–H groups in total. The van der Waals surface area contributed by atoms with Gasteiger partial charge in [0.1, 0.15) is 0 Å². The molecule has 0 saturated heterocycles. The third-order valence-corrected chi connectivity index (χ3v) is 6.80. The van der Waals surface area contributed by atoms with E-state index in [1.807, 2.05) is 6.07 Å². The van der Waals surface area contributed by atoms with Crippen LogP contribution >= 0.6 is 0 Å². The Hall–Kier alpha value is -0.920. The molecule has 0 aliphatic heterocycles. The van der Waals surface area contributed by atoms with Gasteiger partial charge in [-0.2, -0.15) is 0 Å². The van der Waals surface area contributed by atoms with Crippen LogP contribution in [0.4, 0.5) is 8.78 Å².